The Morgan fingerprint density at radius 2 is 1.75 bits per heavy atom. The largest absolute Gasteiger partial charge is 0.324 e. The van der Waals surface area contributed by atoms with Gasteiger partial charge in [-0.2, -0.15) is 0 Å². The topological polar surface area (TPSA) is 51.8 Å². The molecule has 20 heavy (non-hydrogen) atoms. The third-order valence-electron chi connectivity index (χ3n) is 4.61. The first kappa shape index (κ1) is 13.5. The van der Waals surface area contributed by atoms with Crippen LogP contribution in [0.5, 0.6) is 0 Å². The predicted octanol–water partition coefficient (Wildman–Crippen LogP) is 3.70. The third-order valence-corrected chi connectivity index (χ3v) is 4.61. The highest BCUT2D eigenvalue weighted by molar-refractivity contribution is 5.78. The lowest BCUT2D eigenvalue weighted by atomic mass is 9.72. The molecule has 3 heteroatoms. The molecule has 0 aliphatic heterocycles. The van der Waals surface area contributed by atoms with Crippen molar-refractivity contribution < 1.29 is 0 Å². The molecule has 2 N–H and O–H groups in total. The molecular formula is C17H23N3. The summed E-state index contributed by atoms with van der Waals surface area (Å²) in [6.45, 7) is 4.69. The van der Waals surface area contributed by atoms with Gasteiger partial charge in [-0.25, -0.2) is 0 Å². The van der Waals surface area contributed by atoms with Crippen LogP contribution in [0, 0.1) is 17.8 Å². The van der Waals surface area contributed by atoms with Crippen LogP contribution < -0.4 is 5.73 Å². The van der Waals surface area contributed by atoms with Gasteiger partial charge in [0, 0.05) is 18.4 Å². The van der Waals surface area contributed by atoms with Gasteiger partial charge >= 0.3 is 0 Å². The molecule has 0 saturated heterocycles. The fourth-order valence-corrected chi connectivity index (χ4v) is 3.84. The molecule has 106 valence electrons. The molecule has 1 aromatic heterocycles. The summed E-state index contributed by atoms with van der Waals surface area (Å²) >= 11 is 0. The van der Waals surface area contributed by atoms with Gasteiger partial charge in [-0.15, -0.1) is 0 Å². The molecular weight excluding hydrogens is 246 g/mol. The van der Waals surface area contributed by atoms with E-state index in [1.165, 1.54) is 19.3 Å². The number of benzene rings is 1. The zero-order chi connectivity index (χ0) is 14.1. The van der Waals surface area contributed by atoms with E-state index in [1.54, 1.807) is 12.4 Å². The Morgan fingerprint density at radius 1 is 1.05 bits per heavy atom. The summed E-state index contributed by atoms with van der Waals surface area (Å²) in [6.07, 6.45) is 7.27. The van der Waals surface area contributed by atoms with Crippen LogP contribution in [0.3, 0.4) is 0 Å². The van der Waals surface area contributed by atoms with Gasteiger partial charge in [0.2, 0.25) is 0 Å². The fourth-order valence-electron chi connectivity index (χ4n) is 3.84. The fraction of sp³-hybridized carbons (Fsp3) is 0.529. The predicted molar refractivity (Wildman–Crippen MR) is 82.1 cm³/mol. The lowest BCUT2D eigenvalue weighted by molar-refractivity contribution is 0.194. The minimum absolute atomic E-state index is 0.0700. The van der Waals surface area contributed by atoms with Crippen molar-refractivity contribution in [1.82, 2.24) is 9.97 Å². The highest BCUT2D eigenvalue weighted by Crippen LogP contribution is 2.39. The molecule has 1 fully saturated rings. The molecule has 1 aliphatic rings. The zero-order valence-electron chi connectivity index (χ0n) is 12.3. The quantitative estimate of drug-likeness (QED) is 0.904. The molecule has 2 aromatic rings. The summed E-state index contributed by atoms with van der Waals surface area (Å²) in [4.78, 5) is 8.87. The molecule has 3 nitrogen and oxygen atoms in total. The number of para-hydroxylation sites is 1. The number of rotatable bonds is 2. The van der Waals surface area contributed by atoms with Gasteiger partial charge in [-0.05, 0) is 48.6 Å². The van der Waals surface area contributed by atoms with Gasteiger partial charge < -0.3 is 5.73 Å². The molecule has 0 radical (unpaired) electrons. The number of nitrogens with two attached hydrogens (primary N) is 1. The van der Waals surface area contributed by atoms with Crippen molar-refractivity contribution >= 4 is 11.0 Å². The van der Waals surface area contributed by atoms with Crippen LogP contribution in [0.15, 0.2) is 30.6 Å². The normalized spacial score (nSPS) is 28.4. The summed E-state index contributed by atoms with van der Waals surface area (Å²) in [5.41, 5.74) is 9.66. The van der Waals surface area contributed by atoms with Crippen LogP contribution in [-0.2, 0) is 0 Å². The molecule has 1 aliphatic carbocycles. The summed E-state index contributed by atoms with van der Waals surface area (Å²) in [6, 6.07) is 6.23. The lowest BCUT2D eigenvalue weighted by Crippen LogP contribution is -2.29. The van der Waals surface area contributed by atoms with Crippen molar-refractivity contribution in [2.75, 3.05) is 0 Å². The Hall–Kier alpha value is -1.48. The van der Waals surface area contributed by atoms with Crippen LogP contribution >= 0.6 is 0 Å². The van der Waals surface area contributed by atoms with Crippen LogP contribution in [0.1, 0.15) is 44.7 Å². The Balaban J connectivity index is 1.94. The van der Waals surface area contributed by atoms with E-state index in [4.69, 9.17) is 5.73 Å². The van der Waals surface area contributed by atoms with Gasteiger partial charge in [0.25, 0.3) is 0 Å². The molecule has 0 amide bonds. The molecule has 0 spiro atoms. The van der Waals surface area contributed by atoms with E-state index in [-0.39, 0.29) is 6.04 Å². The molecule has 1 heterocycles. The molecule has 3 atom stereocenters. The second kappa shape index (κ2) is 5.49. The van der Waals surface area contributed by atoms with Crippen molar-refractivity contribution in [1.29, 1.82) is 0 Å². The van der Waals surface area contributed by atoms with Gasteiger partial charge in [-0.3, -0.25) is 9.97 Å². The van der Waals surface area contributed by atoms with E-state index in [0.29, 0.717) is 5.92 Å². The zero-order valence-corrected chi connectivity index (χ0v) is 12.3. The summed E-state index contributed by atoms with van der Waals surface area (Å²) < 4.78 is 0. The summed E-state index contributed by atoms with van der Waals surface area (Å²) in [5.74, 6) is 2.10. The van der Waals surface area contributed by atoms with Gasteiger partial charge in [0.05, 0.1) is 11.0 Å². The smallest absolute Gasteiger partial charge is 0.0934 e. The summed E-state index contributed by atoms with van der Waals surface area (Å²) in [7, 11) is 0. The number of hydrogen-bond donors (Lipinski definition) is 1. The first-order valence-corrected chi connectivity index (χ1v) is 7.60. The van der Waals surface area contributed by atoms with Crippen LogP contribution in [0.4, 0.5) is 0 Å². The van der Waals surface area contributed by atoms with Crippen molar-refractivity contribution in [3.63, 3.8) is 0 Å². The van der Waals surface area contributed by atoms with Crippen molar-refractivity contribution in [3.8, 4) is 0 Å². The Labute approximate surface area is 120 Å². The highest BCUT2D eigenvalue weighted by atomic mass is 14.8. The first-order valence-electron chi connectivity index (χ1n) is 7.60. The molecule has 3 rings (SSSR count). The van der Waals surface area contributed by atoms with Crippen LogP contribution in [-0.4, -0.2) is 9.97 Å². The van der Waals surface area contributed by atoms with E-state index < -0.39 is 0 Å². The van der Waals surface area contributed by atoms with E-state index in [1.807, 2.05) is 12.1 Å². The van der Waals surface area contributed by atoms with E-state index in [2.05, 4.69) is 29.9 Å². The minimum Gasteiger partial charge on any atom is -0.324 e. The third kappa shape index (κ3) is 2.55. The number of aromatic nitrogens is 2. The molecule has 0 bridgehead atoms. The van der Waals surface area contributed by atoms with Gasteiger partial charge in [0.15, 0.2) is 0 Å². The number of hydrogen-bond acceptors (Lipinski definition) is 3. The molecule has 3 unspecified atom stereocenters. The molecule has 1 aromatic carbocycles. The average Bonchev–Trinajstić information content (AvgIpc) is 2.45. The Bertz CT molecular complexity index is 580. The number of nitrogens with zero attached hydrogens (tertiary/aromatic N) is 2. The van der Waals surface area contributed by atoms with Gasteiger partial charge in [-0.1, -0.05) is 26.0 Å². The number of fused-ring (bicyclic) bond motifs is 1. The van der Waals surface area contributed by atoms with Crippen LogP contribution in [0.25, 0.3) is 11.0 Å². The molecule has 1 saturated carbocycles. The van der Waals surface area contributed by atoms with Crippen LogP contribution in [0.2, 0.25) is 0 Å². The maximum Gasteiger partial charge on any atom is 0.0934 e. The van der Waals surface area contributed by atoms with Crippen molar-refractivity contribution in [3.05, 3.63) is 36.2 Å². The Kier molecular flexibility index (Phi) is 3.70. The lowest BCUT2D eigenvalue weighted by Gasteiger charge is -2.35. The second-order valence-corrected chi connectivity index (χ2v) is 6.47. The second-order valence-electron chi connectivity index (χ2n) is 6.47. The van der Waals surface area contributed by atoms with E-state index in [9.17, 15) is 0 Å². The van der Waals surface area contributed by atoms with Crippen molar-refractivity contribution in [2.24, 2.45) is 23.5 Å². The highest BCUT2D eigenvalue weighted by Gasteiger charge is 2.29. The van der Waals surface area contributed by atoms with E-state index in [0.717, 1.165) is 28.4 Å². The van der Waals surface area contributed by atoms with Gasteiger partial charge in [0.1, 0.15) is 0 Å². The maximum atomic E-state index is 6.59. The standard InChI is InChI=1S/C17H23N3/c1-11-8-12(2)10-13(9-11)16(18)14-4-3-5-15-17(14)20-7-6-19-15/h3-7,11-13,16H,8-10,18H2,1-2H3. The maximum absolute atomic E-state index is 6.59. The first-order chi connectivity index (χ1) is 9.65. The van der Waals surface area contributed by atoms with E-state index >= 15 is 0 Å². The SMILES string of the molecule is CC1CC(C)CC(C(N)c2cccc3nccnc23)C1. The monoisotopic (exact) mass is 269 g/mol. The summed E-state index contributed by atoms with van der Waals surface area (Å²) in [5, 5.41) is 0. The Morgan fingerprint density at radius 3 is 2.50 bits per heavy atom. The average molecular weight is 269 g/mol. The van der Waals surface area contributed by atoms with Crippen molar-refractivity contribution in [2.45, 2.75) is 39.2 Å². The minimum atomic E-state index is 0.0700.